The fourth-order valence-electron chi connectivity index (χ4n) is 6.08. The third kappa shape index (κ3) is 7.04. The molecule has 4 aliphatic rings. The molecule has 1 fully saturated rings. The molecule has 2 aliphatic carbocycles. The van der Waals surface area contributed by atoms with Gasteiger partial charge in [0.25, 0.3) is 0 Å². The second-order valence-electron chi connectivity index (χ2n) is 10.7. The van der Waals surface area contributed by atoms with E-state index in [0.29, 0.717) is 18.3 Å². The third-order valence-corrected chi connectivity index (χ3v) is 8.24. The molecule has 0 aromatic heterocycles. The van der Waals surface area contributed by atoms with E-state index < -0.39 is 12.4 Å². The van der Waals surface area contributed by atoms with E-state index in [4.69, 9.17) is 20.2 Å². The van der Waals surface area contributed by atoms with Gasteiger partial charge in [0.2, 0.25) is 0 Å². The lowest BCUT2D eigenvalue weighted by Crippen LogP contribution is -2.37. The highest BCUT2D eigenvalue weighted by Gasteiger charge is 2.32. The number of aliphatic hydroxyl groups is 1. The van der Waals surface area contributed by atoms with Crippen molar-refractivity contribution in [3.05, 3.63) is 47.5 Å². The van der Waals surface area contributed by atoms with Crippen LogP contribution < -0.4 is 5.90 Å². The molecule has 3 N–H and O–H groups in total. The number of nitrogens with zero attached hydrogens (tertiary/aromatic N) is 1. The summed E-state index contributed by atoms with van der Waals surface area (Å²) in [6.07, 6.45) is 13.0. The molecule has 0 saturated carbocycles. The van der Waals surface area contributed by atoms with E-state index in [1.54, 1.807) is 0 Å². The summed E-state index contributed by atoms with van der Waals surface area (Å²) in [6.45, 7) is 10.6. The van der Waals surface area contributed by atoms with Crippen molar-refractivity contribution in [1.82, 2.24) is 4.90 Å². The first-order valence-corrected chi connectivity index (χ1v) is 13.4. The van der Waals surface area contributed by atoms with Gasteiger partial charge in [0.15, 0.2) is 6.29 Å². The van der Waals surface area contributed by atoms with Gasteiger partial charge >= 0.3 is 0 Å². The lowest BCUT2D eigenvalue weighted by Gasteiger charge is -2.36. The smallest absolute Gasteiger partial charge is 0.197 e. The second-order valence-corrected chi connectivity index (χ2v) is 10.7. The summed E-state index contributed by atoms with van der Waals surface area (Å²) in [6, 6.07) is 0. The Morgan fingerprint density at radius 3 is 2.83 bits per heavy atom. The molecule has 5 atom stereocenters. The number of piperidine rings is 1. The highest BCUT2D eigenvalue weighted by molar-refractivity contribution is 5.28. The van der Waals surface area contributed by atoms with Crippen LogP contribution in [0, 0.1) is 17.8 Å². The van der Waals surface area contributed by atoms with Crippen LogP contribution in [0.1, 0.15) is 64.7 Å². The third-order valence-electron chi connectivity index (χ3n) is 8.24. The molecule has 35 heavy (non-hydrogen) atoms. The molecule has 2 unspecified atom stereocenters. The number of unbranched alkanes of at least 4 members (excludes halogenated alkanes) is 2. The van der Waals surface area contributed by atoms with Crippen molar-refractivity contribution in [2.75, 3.05) is 26.2 Å². The van der Waals surface area contributed by atoms with E-state index in [-0.39, 0.29) is 17.8 Å². The molecular formula is C28H43FN2O4. The fraction of sp³-hybridized carbons (Fsp3) is 0.714. The molecule has 0 radical (unpaired) electrons. The summed E-state index contributed by atoms with van der Waals surface area (Å²) in [4.78, 5) is 7.54. The molecule has 4 rings (SSSR count). The molecule has 0 bridgehead atoms. The van der Waals surface area contributed by atoms with Gasteiger partial charge in [0, 0.05) is 25.4 Å². The van der Waals surface area contributed by atoms with Gasteiger partial charge < -0.3 is 19.5 Å². The Hall–Kier alpha value is -1.51. The van der Waals surface area contributed by atoms with Gasteiger partial charge in [0.1, 0.15) is 17.7 Å². The maximum atomic E-state index is 13.5. The van der Waals surface area contributed by atoms with Crippen molar-refractivity contribution < 1.29 is 23.8 Å². The van der Waals surface area contributed by atoms with Gasteiger partial charge in [-0.15, -0.1) is 0 Å². The predicted molar refractivity (Wildman–Crippen MR) is 135 cm³/mol. The van der Waals surface area contributed by atoms with Crippen LogP contribution in [0.4, 0.5) is 4.39 Å². The molecule has 2 heterocycles. The van der Waals surface area contributed by atoms with Crippen molar-refractivity contribution in [3.63, 3.8) is 0 Å². The lowest BCUT2D eigenvalue weighted by atomic mass is 9.79. The van der Waals surface area contributed by atoms with Gasteiger partial charge in [0.05, 0.1) is 6.10 Å². The normalized spacial score (nSPS) is 32.2. The number of halogens is 1. The first kappa shape index (κ1) is 26.6. The van der Waals surface area contributed by atoms with Crippen LogP contribution in [0.25, 0.3) is 0 Å². The SMILES string of the molecule is C=C(C1CCN(CCCCCO[C@@H]2CCC3=C(C2)O[C@@H](O)CC3C)CC1)C1C=CC(F)=C[C@@H]1ON. The van der Waals surface area contributed by atoms with E-state index in [1.165, 1.54) is 30.6 Å². The number of likely N-dealkylation sites (tertiary alicyclic amines) is 1. The number of hydrogen-bond donors (Lipinski definition) is 2. The number of aliphatic hydroxyl groups excluding tert-OH is 1. The van der Waals surface area contributed by atoms with Gasteiger partial charge in [-0.25, -0.2) is 10.3 Å². The summed E-state index contributed by atoms with van der Waals surface area (Å²) in [5.74, 6) is 6.85. The van der Waals surface area contributed by atoms with Crippen LogP contribution in [0.3, 0.4) is 0 Å². The zero-order valence-corrected chi connectivity index (χ0v) is 21.2. The highest BCUT2D eigenvalue weighted by Crippen LogP contribution is 2.38. The van der Waals surface area contributed by atoms with E-state index in [2.05, 4.69) is 18.4 Å². The van der Waals surface area contributed by atoms with Gasteiger partial charge in [-0.2, -0.15) is 0 Å². The summed E-state index contributed by atoms with van der Waals surface area (Å²) < 4.78 is 25.3. The molecule has 6 nitrogen and oxygen atoms in total. The standard InChI is InChI=1S/C28H43FN2O4/c1-19-16-28(32)34-26-18-23(7-9-24(19)26)33-15-5-3-4-12-31-13-10-21(11-14-31)20(2)25-8-6-22(29)17-27(25)35-30/h6,8,17,19,21,23,25,27-28,32H,2-5,7,9-16,18,30H2,1H3/t19?,23-,25?,27+,28-/m1/s1. The Balaban J connectivity index is 1.07. The number of hydrogen-bond acceptors (Lipinski definition) is 6. The van der Waals surface area contributed by atoms with Crippen molar-refractivity contribution in [2.45, 2.75) is 83.2 Å². The summed E-state index contributed by atoms with van der Waals surface area (Å²) in [5.41, 5.74) is 2.49. The molecule has 1 saturated heterocycles. The number of nitrogens with two attached hydrogens (primary N) is 1. The molecule has 0 aromatic rings. The predicted octanol–water partition coefficient (Wildman–Crippen LogP) is 4.92. The number of ether oxygens (including phenoxy) is 2. The van der Waals surface area contributed by atoms with E-state index in [0.717, 1.165) is 76.1 Å². The lowest BCUT2D eigenvalue weighted by molar-refractivity contribution is -0.102. The molecule has 0 amide bonds. The summed E-state index contributed by atoms with van der Waals surface area (Å²) in [7, 11) is 0. The number of allylic oxidation sites excluding steroid dienone is 3. The zero-order chi connectivity index (χ0) is 24.8. The monoisotopic (exact) mass is 490 g/mol. The Morgan fingerprint density at radius 1 is 1.26 bits per heavy atom. The number of rotatable bonds is 10. The van der Waals surface area contributed by atoms with Crippen LogP contribution in [-0.2, 0) is 14.3 Å². The zero-order valence-electron chi connectivity index (χ0n) is 21.2. The van der Waals surface area contributed by atoms with Crippen LogP contribution in [0.15, 0.2) is 47.5 Å². The minimum absolute atomic E-state index is 0.0544. The maximum Gasteiger partial charge on any atom is 0.197 e. The second kappa shape index (κ2) is 12.6. The quantitative estimate of drug-likeness (QED) is 0.257. The van der Waals surface area contributed by atoms with Gasteiger partial charge in [-0.05, 0) is 94.1 Å². The largest absolute Gasteiger partial charge is 0.469 e. The molecule has 0 aromatic carbocycles. The van der Waals surface area contributed by atoms with Crippen LogP contribution >= 0.6 is 0 Å². The summed E-state index contributed by atoms with van der Waals surface area (Å²) in [5, 5.41) is 9.88. The molecule has 0 spiro atoms. The average molecular weight is 491 g/mol. The minimum Gasteiger partial charge on any atom is -0.469 e. The van der Waals surface area contributed by atoms with Crippen molar-refractivity contribution in [1.29, 1.82) is 0 Å². The first-order chi connectivity index (χ1) is 16.9. The summed E-state index contributed by atoms with van der Waals surface area (Å²) >= 11 is 0. The molecular weight excluding hydrogens is 447 g/mol. The van der Waals surface area contributed by atoms with Crippen molar-refractivity contribution in [3.8, 4) is 0 Å². The molecule has 2 aliphatic heterocycles. The Kier molecular flexibility index (Phi) is 9.59. The molecule has 196 valence electrons. The Bertz CT molecular complexity index is 818. The highest BCUT2D eigenvalue weighted by atomic mass is 19.1. The van der Waals surface area contributed by atoms with Gasteiger partial charge in [-0.3, -0.25) is 4.84 Å². The average Bonchev–Trinajstić information content (AvgIpc) is 2.85. The fourth-order valence-corrected chi connectivity index (χ4v) is 6.08. The van der Waals surface area contributed by atoms with E-state index in [1.807, 2.05) is 6.08 Å². The van der Waals surface area contributed by atoms with Crippen molar-refractivity contribution in [2.24, 2.45) is 23.7 Å². The van der Waals surface area contributed by atoms with Crippen molar-refractivity contribution >= 4 is 0 Å². The topological polar surface area (TPSA) is 77.2 Å². The Morgan fingerprint density at radius 2 is 2.06 bits per heavy atom. The van der Waals surface area contributed by atoms with Crippen LogP contribution in [0.2, 0.25) is 0 Å². The van der Waals surface area contributed by atoms with Crippen LogP contribution in [-0.4, -0.2) is 54.7 Å². The van der Waals surface area contributed by atoms with Crippen LogP contribution in [0.5, 0.6) is 0 Å². The Labute approximate surface area is 209 Å². The van der Waals surface area contributed by atoms with E-state index in [9.17, 15) is 9.50 Å². The first-order valence-electron chi connectivity index (χ1n) is 13.4. The van der Waals surface area contributed by atoms with E-state index >= 15 is 0 Å². The maximum absolute atomic E-state index is 13.5. The minimum atomic E-state index is -0.659. The van der Waals surface area contributed by atoms with Gasteiger partial charge in [-0.1, -0.05) is 25.2 Å². The molecule has 7 heteroatoms.